The van der Waals surface area contributed by atoms with Gasteiger partial charge in [0.05, 0.1) is 17.7 Å². The van der Waals surface area contributed by atoms with Crippen molar-refractivity contribution in [3.63, 3.8) is 0 Å². The van der Waals surface area contributed by atoms with Crippen molar-refractivity contribution in [3.8, 4) is 0 Å². The minimum absolute atomic E-state index is 0.172. The predicted octanol–water partition coefficient (Wildman–Crippen LogP) is 2.75. The minimum atomic E-state index is -0.385. The fraction of sp³-hybridized carbons (Fsp3) is 0.500. The van der Waals surface area contributed by atoms with Crippen molar-refractivity contribution in [2.45, 2.75) is 25.6 Å². The second-order valence-electron chi connectivity index (χ2n) is 3.99. The number of halogens is 2. The van der Waals surface area contributed by atoms with E-state index in [1.165, 1.54) is 6.07 Å². The molecule has 1 atom stereocenters. The summed E-state index contributed by atoms with van der Waals surface area (Å²) in [5.41, 5.74) is 0.715. The predicted molar refractivity (Wildman–Crippen MR) is 62.1 cm³/mol. The summed E-state index contributed by atoms with van der Waals surface area (Å²) < 4.78 is 18.8. The van der Waals surface area contributed by atoms with Crippen LogP contribution in [0.25, 0.3) is 0 Å². The largest absolute Gasteiger partial charge is 0.372 e. The molecule has 1 aliphatic rings. The van der Waals surface area contributed by atoms with Crippen molar-refractivity contribution in [2.75, 3.05) is 13.1 Å². The Morgan fingerprint density at radius 3 is 3.12 bits per heavy atom. The van der Waals surface area contributed by atoms with Gasteiger partial charge in [0, 0.05) is 6.54 Å². The quantitative estimate of drug-likeness (QED) is 0.882. The van der Waals surface area contributed by atoms with Gasteiger partial charge < -0.3 is 10.1 Å². The van der Waals surface area contributed by atoms with Crippen LogP contribution >= 0.6 is 11.6 Å². The second-order valence-corrected chi connectivity index (χ2v) is 4.37. The Morgan fingerprint density at radius 1 is 1.50 bits per heavy atom. The average molecular weight is 244 g/mol. The lowest BCUT2D eigenvalue weighted by atomic mass is 10.1. The van der Waals surface area contributed by atoms with Gasteiger partial charge in [-0.25, -0.2) is 4.39 Å². The van der Waals surface area contributed by atoms with Crippen molar-refractivity contribution < 1.29 is 9.13 Å². The van der Waals surface area contributed by atoms with Gasteiger partial charge in [0.15, 0.2) is 0 Å². The maximum atomic E-state index is 13.1. The SMILES string of the molecule is Fc1cccc(COC2CCCNC2)c1Cl. The summed E-state index contributed by atoms with van der Waals surface area (Å²) in [5, 5.41) is 3.44. The average Bonchev–Trinajstić information content (AvgIpc) is 2.32. The third-order valence-electron chi connectivity index (χ3n) is 2.76. The molecule has 1 saturated heterocycles. The summed E-state index contributed by atoms with van der Waals surface area (Å²) in [6.07, 6.45) is 2.40. The van der Waals surface area contributed by atoms with Gasteiger partial charge in [-0.1, -0.05) is 23.7 Å². The first-order valence-corrected chi connectivity index (χ1v) is 5.90. The van der Waals surface area contributed by atoms with Crippen molar-refractivity contribution in [1.82, 2.24) is 5.32 Å². The first-order valence-electron chi connectivity index (χ1n) is 5.52. The maximum absolute atomic E-state index is 13.1. The van der Waals surface area contributed by atoms with E-state index in [4.69, 9.17) is 16.3 Å². The van der Waals surface area contributed by atoms with E-state index in [9.17, 15) is 4.39 Å². The number of nitrogens with one attached hydrogen (secondary N) is 1. The zero-order valence-electron chi connectivity index (χ0n) is 9.01. The summed E-state index contributed by atoms with van der Waals surface area (Å²) >= 11 is 5.84. The van der Waals surface area contributed by atoms with Crippen LogP contribution in [0.5, 0.6) is 0 Å². The molecule has 0 radical (unpaired) electrons. The molecule has 1 aromatic rings. The normalized spacial score (nSPS) is 21.0. The highest BCUT2D eigenvalue weighted by Crippen LogP contribution is 2.21. The monoisotopic (exact) mass is 243 g/mol. The van der Waals surface area contributed by atoms with Crippen LogP contribution in [-0.2, 0) is 11.3 Å². The lowest BCUT2D eigenvalue weighted by Gasteiger charge is -2.23. The molecule has 1 unspecified atom stereocenters. The van der Waals surface area contributed by atoms with Crippen LogP contribution in [0.2, 0.25) is 5.02 Å². The highest BCUT2D eigenvalue weighted by atomic mass is 35.5. The molecule has 0 aromatic heterocycles. The molecule has 1 aromatic carbocycles. The van der Waals surface area contributed by atoms with Gasteiger partial charge in [0.2, 0.25) is 0 Å². The molecule has 1 heterocycles. The lowest BCUT2D eigenvalue weighted by molar-refractivity contribution is 0.0252. The van der Waals surface area contributed by atoms with E-state index in [0.717, 1.165) is 25.9 Å². The Balaban J connectivity index is 1.91. The highest BCUT2D eigenvalue weighted by molar-refractivity contribution is 6.31. The van der Waals surface area contributed by atoms with Gasteiger partial charge >= 0.3 is 0 Å². The van der Waals surface area contributed by atoms with E-state index in [-0.39, 0.29) is 16.9 Å². The van der Waals surface area contributed by atoms with Crippen molar-refractivity contribution in [3.05, 3.63) is 34.6 Å². The van der Waals surface area contributed by atoms with Crippen LogP contribution < -0.4 is 5.32 Å². The smallest absolute Gasteiger partial charge is 0.142 e. The molecule has 0 spiro atoms. The van der Waals surface area contributed by atoms with Crippen LogP contribution in [-0.4, -0.2) is 19.2 Å². The maximum Gasteiger partial charge on any atom is 0.142 e. The Labute approximate surface area is 99.7 Å². The first-order chi connectivity index (χ1) is 7.77. The molecule has 2 rings (SSSR count). The van der Waals surface area contributed by atoms with Crippen LogP contribution in [0, 0.1) is 5.82 Å². The number of benzene rings is 1. The molecule has 16 heavy (non-hydrogen) atoms. The highest BCUT2D eigenvalue weighted by Gasteiger charge is 2.14. The molecule has 4 heteroatoms. The van der Waals surface area contributed by atoms with Gasteiger partial charge in [0.25, 0.3) is 0 Å². The first kappa shape index (κ1) is 11.8. The standard InChI is InChI=1S/C12H15ClFNO/c13-12-9(3-1-5-11(12)14)8-16-10-4-2-6-15-7-10/h1,3,5,10,15H,2,4,6-8H2. The molecule has 0 aliphatic carbocycles. The van der Waals surface area contributed by atoms with Gasteiger partial charge in [0.1, 0.15) is 5.82 Å². The number of hydrogen-bond acceptors (Lipinski definition) is 2. The summed E-state index contributed by atoms with van der Waals surface area (Å²) in [4.78, 5) is 0. The number of hydrogen-bond donors (Lipinski definition) is 1. The molecule has 88 valence electrons. The Bertz CT molecular complexity index is 353. The third-order valence-corrected chi connectivity index (χ3v) is 3.18. The van der Waals surface area contributed by atoms with Gasteiger partial charge in [-0.3, -0.25) is 0 Å². The van der Waals surface area contributed by atoms with E-state index in [1.54, 1.807) is 12.1 Å². The number of ether oxygens (including phenoxy) is 1. The Morgan fingerprint density at radius 2 is 2.38 bits per heavy atom. The van der Waals surface area contributed by atoms with Crippen LogP contribution in [0.4, 0.5) is 4.39 Å². The van der Waals surface area contributed by atoms with Crippen molar-refractivity contribution >= 4 is 11.6 Å². The molecule has 1 fully saturated rings. The Hall–Kier alpha value is -0.640. The molecule has 1 aliphatic heterocycles. The van der Waals surface area contributed by atoms with Gasteiger partial charge in [-0.15, -0.1) is 0 Å². The summed E-state index contributed by atoms with van der Waals surface area (Å²) in [7, 11) is 0. The van der Waals surface area contributed by atoms with Crippen LogP contribution in [0.15, 0.2) is 18.2 Å². The number of rotatable bonds is 3. The topological polar surface area (TPSA) is 21.3 Å². The zero-order valence-corrected chi connectivity index (χ0v) is 9.77. The number of piperidine rings is 1. The van der Waals surface area contributed by atoms with Gasteiger partial charge in [-0.2, -0.15) is 0 Å². The summed E-state index contributed by atoms with van der Waals surface area (Å²) in [6, 6.07) is 4.80. The summed E-state index contributed by atoms with van der Waals surface area (Å²) in [5.74, 6) is -0.385. The molecule has 2 nitrogen and oxygen atoms in total. The molecule has 0 amide bonds. The van der Waals surface area contributed by atoms with Crippen molar-refractivity contribution in [1.29, 1.82) is 0 Å². The third kappa shape index (κ3) is 2.94. The van der Waals surface area contributed by atoms with E-state index >= 15 is 0 Å². The van der Waals surface area contributed by atoms with E-state index in [2.05, 4.69) is 5.32 Å². The molecule has 0 bridgehead atoms. The van der Waals surface area contributed by atoms with Crippen LogP contribution in [0.3, 0.4) is 0 Å². The van der Waals surface area contributed by atoms with Crippen molar-refractivity contribution in [2.24, 2.45) is 0 Å². The Kier molecular flexibility index (Phi) is 4.16. The van der Waals surface area contributed by atoms with E-state index in [1.807, 2.05) is 0 Å². The van der Waals surface area contributed by atoms with Crippen LogP contribution in [0.1, 0.15) is 18.4 Å². The molecular formula is C12H15ClFNO. The summed E-state index contributed by atoms with van der Waals surface area (Å²) in [6.45, 7) is 2.30. The molecular weight excluding hydrogens is 229 g/mol. The fourth-order valence-corrected chi connectivity index (χ4v) is 2.01. The second kappa shape index (κ2) is 5.62. The zero-order chi connectivity index (χ0) is 11.4. The lowest BCUT2D eigenvalue weighted by Crippen LogP contribution is -2.35. The fourth-order valence-electron chi connectivity index (χ4n) is 1.83. The van der Waals surface area contributed by atoms with E-state index in [0.29, 0.717) is 12.2 Å². The van der Waals surface area contributed by atoms with Gasteiger partial charge in [-0.05, 0) is 31.0 Å². The van der Waals surface area contributed by atoms with E-state index < -0.39 is 0 Å². The molecule has 0 saturated carbocycles. The minimum Gasteiger partial charge on any atom is -0.372 e. The molecule has 1 N–H and O–H groups in total.